The lowest BCUT2D eigenvalue weighted by Gasteiger charge is -2.64. The number of ether oxygens (including phenoxy) is 1. The Bertz CT molecular complexity index is 688. The van der Waals surface area contributed by atoms with Crippen molar-refractivity contribution in [3.8, 4) is 5.75 Å². The highest BCUT2D eigenvalue weighted by molar-refractivity contribution is 5.48. The Morgan fingerprint density at radius 2 is 2.12 bits per heavy atom. The minimum Gasteiger partial charge on any atom is -0.497 e. The van der Waals surface area contributed by atoms with Crippen LogP contribution >= 0.6 is 0 Å². The fraction of sp³-hybridized carbons (Fsp3) is 0.714. The van der Waals surface area contributed by atoms with Gasteiger partial charge < -0.3 is 15.6 Å². The molecule has 5 rings (SSSR count). The van der Waals surface area contributed by atoms with Gasteiger partial charge in [-0.3, -0.25) is 4.90 Å². The van der Waals surface area contributed by atoms with Gasteiger partial charge in [-0.25, -0.2) is 0 Å². The molecule has 1 aliphatic heterocycles. The van der Waals surface area contributed by atoms with E-state index in [2.05, 4.69) is 23.1 Å². The fourth-order valence-corrected chi connectivity index (χ4v) is 6.11. The number of benzene rings is 1. The molecule has 2 bridgehead atoms. The minimum atomic E-state index is -0.643. The Balaban J connectivity index is 1.63. The van der Waals surface area contributed by atoms with E-state index in [9.17, 15) is 5.11 Å². The van der Waals surface area contributed by atoms with Crippen molar-refractivity contribution in [2.45, 2.75) is 68.0 Å². The van der Waals surface area contributed by atoms with E-state index in [0.29, 0.717) is 0 Å². The van der Waals surface area contributed by atoms with Crippen LogP contribution in [0.15, 0.2) is 18.2 Å². The molecule has 0 radical (unpaired) electrons. The summed E-state index contributed by atoms with van der Waals surface area (Å²) in [4.78, 5) is 2.61. The number of fused-ring (bicyclic) bond motifs is 1. The predicted octanol–water partition coefficient (Wildman–Crippen LogP) is 2.22. The normalized spacial score (nSPS) is 40.3. The Morgan fingerprint density at radius 3 is 2.88 bits per heavy atom. The van der Waals surface area contributed by atoms with Crippen molar-refractivity contribution in [3.05, 3.63) is 29.3 Å². The third kappa shape index (κ3) is 2.23. The molecular weight excluding hydrogens is 312 g/mol. The molecule has 1 aromatic carbocycles. The van der Waals surface area contributed by atoms with E-state index in [1.54, 1.807) is 7.11 Å². The SMILES string of the molecule is COc1ccc2c(c1)C13CCN(CC4CC4)C(C2)[C@]1(O)CC[C@@H](N)C3. The molecule has 2 unspecified atom stereocenters. The van der Waals surface area contributed by atoms with Crippen LogP contribution in [0.2, 0.25) is 0 Å². The smallest absolute Gasteiger partial charge is 0.119 e. The summed E-state index contributed by atoms with van der Waals surface area (Å²) in [5.74, 6) is 1.76. The summed E-state index contributed by atoms with van der Waals surface area (Å²) in [6.45, 7) is 2.26. The molecule has 3 aliphatic carbocycles. The molecule has 1 aromatic rings. The van der Waals surface area contributed by atoms with E-state index in [4.69, 9.17) is 10.5 Å². The van der Waals surface area contributed by atoms with Gasteiger partial charge in [-0.1, -0.05) is 6.07 Å². The molecule has 4 heteroatoms. The van der Waals surface area contributed by atoms with Crippen molar-refractivity contribution >= 4 is 0 Å². The number of methoxy groups -OCH3 is 1. The van der Waals surface area contributed by atoms with Gasteiger partial charge in [-0.2, -0.15) is 0 Å². The van der Waals surface area contributed by atoms with Gasteiger partial charge in [0.25, 0.3) is 0 Å². The van der Waals surface area contributed by atoms with E-state index >= 15 is 0 Å². The van der Waals surface area contributed by atoms with Crippen molar-refractivity contribution in [1.82, 2.24) is 4.90 Å². The van der Waals surface area contributed by atoms with E-state index < -0.39 is 5.60 Å². The number of aliphatic hydroxyl groups is 1. The molecule has 0 amide bonds. The Hall–Kier alpha value is -1.10. The summed E-state index contributed by atoms with van der Waals surface area (Å²) >= 11 is 0. The van der Waals surface area contributed by atoms with Crippen molar-refractivity contribution in [1.29, 1.82) is 0 Å². The molecule has 25 heavy (non-hydrogen) atoms. The van der Waals surface area contributed by atoms with Gasteiger partial charge in [0.05, 0.1) is 12.7 Å². The lowest BCUT2D eigenvalue weighted by molar-refractivity contribution is -0.169. The standard InChI is InChI=1S/C21H30N2O2/c1-25-17-5-4-15-10-19-21(24)7-6-16(22)12-20(21,18(15)11-17)8-9-23(19)13-14-2-3-14/h4-5,11,14,16,19,24H,2-3,6-10,12-13,22H2,1H3/t16-,19?,20?,21-/m1/s1. The van der Waals surface area contributed by atoms with Gasteiger partial charge in [-0.15, -0.1) is 0 Å². The first-order valence-electron chi connectivity index (χ1n) is 9.95. The van der Waals surface area contributed by atoms with Crippen molar-refractivity contribution in [2.24, 2.45) is 11.7 Å². The van der Waals surface area contributed by atoms with Crippen molar-refractivity contribution < 1.29 is 9.84 Å². The molecule has 4 aliphatic rings. The zero-order chi connectivity index (χ0) is 17.2. The van der Waals surface area contributed by atoms with Crippen LogP contribution in [0.1, 0.15) is 49.7 Å². The maximum Gasteiger partial charge on any atom is 0.119 e. The summed E-state index contributed by atoms with van der Waals surface area (Å²) in [7, 11) is 1.72. The molecule has 3 N–H and O–H groups in total. The molecular formula is C21H30N2O2. The molecule has 0 aromatic heterocycles. The van der Waals surface area contributed by atoms with Gasteiger partial charge in [0.1, 0.15) is 5.75 Å². The van der Waals surface area contributed by atoms with Gasteiger partial charge in [0, 0.05) is 24.0 Å². The average molecular weight is 342 g/mol. The third-order valence-electron chi connectivity index (χ3n) is 7.59. The number of hydrogen-bond acceptors (Lipinski definition) is 4. The quantitative estimate of drug-likeness (QED) is 0.884. The van der Waals surface area contributed by atoms with Crippen LogP contribution in [0.4, 0.5) is 0 Å². The average Bonchev–Trinajstić information content (AvgIpc) is 3.42. The van der Waals surface area contributed by atoms with Gasteiger partial charge in [-0.05, 0) is 80.7 Å². The van der Waals surface area contributed by atoms with Crippen LogP contribution in [0, 0.1) is 5.92 Å². The zero-order valence-corrected chi connectivity index (χ0v) is 15.2. The summed E-state index contributed by atoms with van der Waals surface area (Å²) < 4.78 is 5.51. The molecule has 0 spiro atoms. The summed E-state index contributed by atoms with van der Waals surface area (Å²) in [6, 6.07) is 6.92. The lowest BCUT2D eigenvalue weighted by atomic mass is 9.49. The number of nitrogens with zero attached hydrogens (tertiary/aromatic N) is 1. The highest BCUT2D eigenvalue weighted by Gasteiger charge is 2.64. The molecule has 4 nitrogen and oxygen atoms in total. The number of rotatable bonds is 3. The number of likely N-dealkylation sites (tertiary alicyclic amines) is 1. The topological polar surface area (TPSA) is 58.7 Å². The van der Waals surface area contributed by atoms with Gasteiger partial charge in [0.2, 0.25) is 0 Å². The Kier molecular flexibility index (Phi) is 3.51. The van der Waals surface area contributed by atoms with E-state index in [0.717, 1.165) is 50.3 Å². The van der Waals surface area contributed by atoms with E-state index in [-0.39, 0.29) is 17.5 Å². The molecule has 2 saturated carbocycles. The molecule has 1 heterocycles. The second-order valence-corrected chi connectivity index (χ2v) is 8.94. The number of hydrogen-bond donors (Lipinski definition) is 2. The van der Waals surface area contributed by atoms with E-state index in [1.807, 2.05) is 0 Å². The summed E-state index contributed by atoms with van der Waals surface area (Å²) in [5, 5.41) is 12.1. The number of piperidine rings is 1. The van der Waals surface area contributed by atoms with Crippen LogP contribution < -0.4 is 10.5 Å². The molecule has 1 saturated heterocycles. The Labute approximate surface area is 150 Å². The highest BCUT2D eigenvalue weighted by atomic mass is 16.5. The summed E-state index contributed by atoms with van der Waals surface area (Å²) in [6.07, 6.45) is 7.37. The first kappa shape index (κ1) is 16.1. The minimum absolute atomic E-state index is 0.188. The number of nitrogens with two attached hydrogens (primary N) is 1. The first-order chi connectivity index (χ1) is 12.1. The molecule has 3 fully saturated rings. The van der Waals surface area contributed by atoms with Crippen LogP contribution in [0.5, 0.6) is 5.75 Å². The van der Waals surface area contributed by atoms with Gasteiger partial charge in [0.15, 0.2) is 0 Å². The predicted molar refractivity (Wildman–Crippen MR) is 97.9 cm³/mol. The largest absolute Gasteiger partial charge is 0.497 e. The maximum atomic E-state index is 12.1. The molecule has 4 atom stereocenters. The lowest BCUT2D eigenvalue weighted by Crippen LogP contribution is -2.74. The third-order valence-corrected chi connectivity index (χ3v) is 7.59. The second kappa shape index (κ2) is 5.45. The van der Waals surface area contributed by atoms with Gasteiger partial charge >= 0.3 is 0 Å². The van der Waals surface area contributed by atoms with Crippen LogP contribution in [-0.2, 0) is 11.8 Å². The maximum absolute atomic E-state index is 12.1. The second-order valence-electron chi connectivity index (χ2n) is 8.94. The fourth-order valence-electron chi connectivity index (χ4n) is 6.11. The monoisotopic (exact) mass is 342 g/mol. The molecule has 136 valence electrons. The van der Waals surface area contributed by atoms with Crippen LogP contribution in [-0.4, -0.2) is 47.9 Å². The van der Waals surface area contributed by atoms with Crippen LogP contribution in [0.3, 0.4) is 0 Å². The van der Waals surface area contributed by atoms with Crippen LogP contribution in [0.25, 0.3) is 0 Å². The first-order valence-corrected chi connectivity index (χ1v) is 9.95. The summed E-state index contributed by atoms with van der Waals surface area (Å²) in [5.41, 5.74) is 8.29. The zero-order valence-electron chi connectivity index (χ0n) is 15.2. The highest BCUT2D eigenvalue weighted by Crippen LogP contribution is 2.58. The Morgan fingerprint density at radius 1 is 1.28 bits per heavy atom. The van der Waals surface area contributed by atoms with E-state index in [1.165, 1.54) is 30.5 Å². The van der Waals surface area contributed by atoms with Crippen molar-refractivity contribution in [3.63, 3.8) is 0 Å². The van der Waals surface area contributed by atoms with Crippen molar-refractivity contribution in [2.75, 3.05) is 20.2 Å².